The maximum Gasteiger partial charge on any atom is 0.306 e. The van der Waals surface area contributed by atoms with Gasteiger partial charge in [0.1, 0.15) is 61.5 Å². The van der Waals surface area contributed by atoms with Gasteiger partial charge in [0, 0.05) is 25.7 Å². The molecule has 17 heteroatoms. The first-order valence-corrected chi connectivity index (χ1v) is 33.5. The summed E-state index contributed by atoms with van der Waals surface area (Å²) in [7, 11) is 0. The van der Waals surface area contributed by atoms with Gasteiger partial charge in [0.2, 0.25) is 0 Å². The molecule has 2 aliphatic heterocycles. The summed E-state index contributed by atoms with van der Waals surface area (Å²) in [5.41, 5.74) is 0. The molecule has 7 N–H and O–H groups in total. The van der Waals surface area contributed by atoms with Crippen molar-refractivity contribution in [1.82, 2.24) is 0 Å². The minimum absolute atomic E-state index is 0.0886. The van der Waals surface area contributed by atoms with E-state index in [1.54, 1.807) is 0 Å². The van der Waals surface area contributed by atoms with Gasteiger partial charge in [-0.2, -0.15) is 0 Å². The Balaban J connectivity index is 1.74. The van der Waals surface area contributed by atoms with Crippen molar-refractivity contribution >= 4 is 17.9 Å². The summed E-state index contributed by atoms with van der Waals surface area (Å²) in [5, 5.41) is 72.5. The number of hydrogen-bond donors (Lipinski definition) is 7. The van der Waals surface area contributed by atoms with E-state index in [1.165, 1.54) is 57.8 Å². The first-order chi connectivity index (χ1) is 41.9. The lowest BCUT2D eigenvalue weighted by Gasteiger charge is -2.42. The van der Waals surface area contributed by atoms with Crippen LogP contribution in [0.4, 0.5) is 0 Å². The van der Waals surface area contributed by atoms with E-state index in [2.05, 4.69) is 93.7 Å². The van der Waals surface area contributed by atoms with Crippen molar-refractivity contribution in [2.75, 3.05) is 26.4 Å². The molecular weight excluding hydrogens is 1100 g/mol. The number of unbranched alkanes of at least 4 members (excludes halogenated alkanes) is 21. The van der Waals surface area contributed by atoms with Crippen molar-refractivity contribution in [2.45, 2.75) is 319 Å². The molecule has 0 aromatic rings. The van der Waals surface area contributed by atoms with Crippen LogP contribution in [0.15, 0.2) is 72.9 Å². The summed E-state index contributed by atoms with van der Waals surface area (Å²) in [6, 6.07) is 0. The first-order valence-electron chi connectivity index (χ1n) is 33.5. The van der Waals surface area contributed by atoms with Crippen molar-refractivity contribution in [3.05, 3.63) is 72.9 Å². The van der Waals surface area contributed by atoms with Crippen LogP contribution in [0.2, 0.25) is 0 Å². The molecule has 2 fully saturated rings. The number of esters is 3. The third kappa shape index (κ3) is 38.7. The highest BCUT2D eigenvalue weighted by Crippen LogP contribution is 2.27. The highest BCUT2D eigenvalue weighted by atomic mass is 16.7. The smallest absolute Gasteiger partial charge is 0.306 e. The average Bonchev–Trinajstić information content (AvgIpc) is 2.94. The second kappa shape index (κ2) is 53.3. The topological polar surface area (TPSA) is 257 Å². The van der Waals surface area contributed by atoms with Crippen molar-refractivity contribution in [3.63, 3.8) is 0 Å². The molecule has 17 nitrogen and oxygen atoms in total. The van der Waals surface area contributed by atoms with Gasteiger partial charge in [0.25, 0.3) is 0 Å². The van der Waals surface area contributed by atoms with E-state index in [-0.39, 0.29) is 31.5 Å². The number of ether oxygens (including phenoxy) is 7. The molecule has 0 aromatic heterocycles. The molecule has 0 aromatic carbocycles. The summed E-state index contributed by atoms with van der Waals surface area (Å²) in [5.74, 6) is -1.09. The van der Waals surface area contributed by atoms with Gasteiger partial charge >= 0.3 is 17.9 Å². The van der Waals surface area contributed by atoms with Gasteiger partial charge in [0.05, 0.1) is 19.8 Å². The number of allylic oxidation sites excluding steroid dienone is 11. The van der Waals surface area contributed by atoms with Gasteiger partial charge in [-0.15, -0.1) is 0 Å². The molecule has 12 atom stereocenters. The fraction of sp³-hybridized carbons (Fsp3) is 0.783. The van der Waals surface area contributed by atoms with Crippen LogP contribution in [-0.2, 0) is 47.5 Å². The van der Waals surface area contributed by atoms with Gasteiger partial charge in [-0.1, -0.05) is 184 Å². The fourth-order valence-electron chi connectivity index (χ4n) is 10.1. The lowest BCUT2D eigenvalue weighted by molar-refractivity contribution is -0.332. The van der Waals surface area contributed by atoms with E-state index in [9.17, 15) is 50.1 Å². The van der Waals surface area contributed by atoms with Crippen LogP contribution in [0, 0.1) is 0 Å². The molecule has 2 rings (SSSR count). The molecule has 86 heavy (non-hydrogen) atoms. The number of aliphatic hydroxyl groups is 7. The molecule has 0 spiro atoms. The zero-order valence-corrected chi connectivity index (χ0v) is 53.1. The quantitative estimate of drug-likeness (QED) is 0.0129. The van der Waals surface area contributed by atoms with Crippen LogP contribution >= 0.6 is 0 Å². The molecule has 0 aliphatic carbocycles. The molecule has 496 valence electrons. The van der Waals surface area contributed by atoms with E-state index in [0.717, 1.165) is 135 Å². The van der Waals surface area contributed by atoms with Crippen LogP contribution in [-0.4, -0.2) is 154 Å². The Morgan fingerprint density at radius 3 is 1.23 bits per heavy atom. The van der Waals surface area contributed by atoms with Crippen molar-refractivity contribution in [2.24, 2.45) is 0 Å². The van der Waals surface area contributed by atoms with Gasteiger partial charge in [-0.05, 0) is 109 Å². The molecule has 2 aliphatic rings. The standard InChI is InChI=1S/C69H118O17/c1-4-7-9-11-13-15-17-19-21-23-27-31-35-39-43-48-59(71)80-52-56(53-81-68-67(79)65(77)63(75)58(86-68)54-82-69-66(78)64(76)62(74)57(51-70)85-69)84-61(73)50-45-41-37-33-29-25-26-30-34-38-42-47-55(46-6-3)83-60(72)49-44-40-36-32-28-24-22-20-18-16-14-12-10-8-5-2/h13-16,19-22,26,30,38,42,55-58,62-70,74-79H,4-12,17-18,23-25,27-29,31-37,39-41,43-54H2,1-3H3/b15-13-,16-14-,21-19-,22-20-,30-26-,42-38-/t55-,56-,57-,58-,62+,63+,64?,65?,66?,67?,68-,69+/m1/s1. The van der Waals surface area contributed by atoms with Gasteiger partial charge in [-0.25, -0.2) is 0 Å². The summed E-state index contributed by atoms with van der Waals surface area (Å²) in [4.78, 5) is 38.6. The third-order valence-corrected chi connectivity index (χ3v) is 15.4. The number of carbonyl (C=O) groups is 3. The lowest BCUT2D eigenvalue weighted by Crippen LogP contribution is -2.61. The van der Waals surface area contributed by atoms with Crippen molar-refractivity contribution < 1.29 is 83.3 Å². The van der Waals surface area contributed by atoms with E-state index < -0.39 is 99.3 Å². The molecule has 0 radical (unpaired) electrons. The Hall–Kier alpha value is -3.59. The van der Waals surface area contributed by atoms with E-state index >= 15 is 0 Å². The summed E-state index contributed by atoms with van der Waals surface area (Å²) in [6.45, 7) is 4.57. The Bertz CT molecular complexity index is 1850. The Morgan fingerprint density at radius 2 is 0.779 bits per heavy atom. The normalized spacial score (nSPS) is 23.7. The molecule has 2 saturated heterocycles. The predicted molar refractivity (Wildman–Crippen MR) is 337 cm³/mol. The zero-order chi connectivity index (χ0) is 62.7. The maximum absolute atomic E-state index is 13.2. The van der Waals surface area contributed by atoms with Crippen LogP contribution in [0.25, 0.3) is 0 Å². The molecule has 2 heterocycles. The lowest BCUT2D eigenvalue weighted by atomic mass is 9.98. The first kappa shape index (κ1) is 78.5. The molecule has 0 bridgehead atoms. The molecular formula is C69H118O17. The maximum atomic E-state index is 13.2. The Labute approximate surface area is 517 Å². The molecule has 4 unspecified atom stereocenters. The van der Waals surface area contributed by atoms with Crippen LogP contribution < -0.4 is 0 Å². The van der Waals surface area contributed by atoms with E-state index in [0.29, 0.717) is 19.3 Å². The largest absolute Gasteiger partial charge is 0.462 e. The second-order valence-corrected chi connectivity index (χ2v) is 23.3. The Morgan fingerprint density at radius 1 is 0.395 bits per heavy atom. The number of rotatable bonds is 53. The molecule has 0 saturated carbocycles. The van der Waals surface area contributed by atoms with Crippen LogP contribution in [0.1, 0.15) is 245 Å². The molecule has 0 amide bonds. The number of carbonyl (C=O) groups excluding carboxylic acids is 3. The average molecular weight is 1220 g/mol. The van der Waals surface area contributed by atoms with Crippen molar-refractivity contribution in [3.8, 4) is 0 Å². The monoisotopic (exact) mass is 1220 g/mol. The summed E-state index contributed by atoms with van der Waals surface area (Å²) < 4.78 is 39.6. The highest BCUT2D eigenvalue weighted by Gasteiger charge is 2.47. The van der Waals surface area contributed by atoms with E-state index in [1.807, 2.05) is 0 Å². The van der Waals surface area contributed by atoms with Gasteiger partial charge in [0.15, 0.2) is 18.7 Å². The minimum atomic E-state index is -1.79. The highest BCUT2D eigenvalue weighted by molar-refractivity contribution is 5.70. The predicted octanol–water partition coefficient (Wildman–Crippen LogP) is 12.0. The second-order valence-electron chi connectivity index (χ2n) is 23.3. The summed E-state index contributed by atoms with van der Waals surface area (Å²) >= 11 is 0. The minimum Gasteiger partial charge on any atom is -0.462 e. The third-order valence-electron chi connectivity index (χ3n) is 15.4. The SMILES string of the molecule is CCCCC/C=C\C/C=C\CCCCCCCC(=O)OC[C@H](CO[C@@H]1O[C@H](CO[C@H]2O[C@H](CO)[C@H](O)C(O)C2O)[C@H](O)C(O)C1O)OC(=O)CCCCCCC/C=C\C/C=C\C[C@@H](CCC)OC(=O)CCCCCCC/C=C\C/C=C\CCCCC. The van der Waals surface area contributed by atoms with Crippen molar-refractivity contribution in [1.29, 1.82) is 0 Å². The fourth-order valence-corrected chi connectivity index (χ4v) is 10.1. The number of hydrogen-bond acceptors (Lipinski definition) is 17. The Kier molecular flexibility index (Phi) is 48.6. The zero-order valence-electron chi connectivity index (χ0n) is 53.1. The summed E-state index contributed by atoms with van der Waals surface area (Å²) in [6.07, 6.45) is 42.9. The van der Waals surface area contributed by atoms with Gasteiger partial charge < -0.3 is 68.9 Å². The number of aliphatic hydroxyl groups excluding tert-OH is 7. The van der Waals surface area contributed by atoms with Crippen LogP contribution in [0.3, 0.4) is 0 Å². The van der Waals surface area contributed by atoms with Gasteiger partial charge in [-0.3, -0.25) is 14.4 Å². The van der Waals surface area contributed by atoms with Crippen LogP contribution in [0.5, 0.6) is 0 Å². The van der Waals surface area contributed by atoms with E-state index in [4.69, 9.17) is 33.2 Å².